The Balaban J connectivity index is 2.35. The Morgan fingerprint density at radius 3 is 2.72 bits per heavy atom. The first kappa shape index (κ1) is 12.1. The molecule has 0 aliphatic heterocycles. The molecule has 0 spiro atoms. The second-order valence-corrected chi connectivity index (χ2v) is 4.03. The smallest absolute Gasteiger partial charge is 0.258 e. The number of hydrogen-bond acceptors (Lipinski definition) is 3. The Labute approximate surface area is 106 Å². The van der Waals surface area contributed by atoms with E-state index < -0.39 is 0 Å². The zero-order valence-electron chi connectivity index (χ0n) is 10.3. The number of amides is 1. The Morgan fingerprint density at radius 1 is 1.28 bits per heavy atom. The molecule has 0 aliphatic carbocycles. The molecule has 1 amide bonds. The average Bonchev–Trinajstić information content (AvgIpc) is 2.41. The third-order valence-electron chi connectivity index (χ3n) is 2.87. The predicted octanol–water partition coefficient (Wildman–Crippen LogP) is 2.37. The molecule has 1 aromatic heterocycles. The van der Waals surface area contributed by atoms with Gasteiger partial charge in [-0.3, -0.25) is 9.78 Å². The lowest BCUT2D eigenvalue weighted by Crippen LogP contribution is -2.26. The van der Waals surface area contributed by atoms with Crippen LogP contribution in [0.25, 0.3) is 0 Å². The van der Waals surface area contributed by atoms with Crippen LogP contribution >= 0.6 is 0 Å². The summed E-state index contributed by atoms with van der Waals surface area (Å²) in [5.74, 6) is -0.0446. The molecule has 2 rings (SSSR count). The van der Waals surface area contributed by atoms with E-state index >= 15 is 0 Å². The van der Waals surface area contributed by atoms with Crippen molar-refractivity contribution in [1.29, 1.82) is 0 Å². The Bertz CT molecular complexity index is 567. The highest BCUT2D eigenvalue weighted by atomic mass is 16.3. The van der Waals surface area contributed by atoms with Gasteiger partial charge in [-0.1, -0.05) is 6.07 Å². The van der Waals surface area contributed by atoms with Crippen LogP contribution in [0.15, 0.2) is 42.7 Å². The third-order valence-corrected chi connectivity index (χ3v) is 2.87. The van der Waals surface area contributed by atoms with Gasteiger partial charge in [0, 0.05) is 24.4 Å². The molecule has 4 nitrogen and oxygen atoms in total. The number of aromatic hydroxyl groups is 1. The number of phenols is 1. The lowest BCUT2D eigenvalue weighted by Gasteiger charge is -2.18. The summed E-state index contributed by atoms with van der Waals surface area (Å²) in [4.78, 5) is 17.8. The SMILES string of the molecule is Cc1c(O)cccc1C(=O)N(C)c1cccnc1. The van der Waals surface area contributed by atoms with Gasteiger partial charge in [-0.25, -0.2) is 0 Å². The van der Waals surface area contributed by atoms with Gasteiger partial charge in [0.05, 0.1) is 11.9 Å². The van der Waals surface area contributed by atoms with Gasteiger partial charge in [-0.05, 0) is 31.2 Å². The predicted molar refractivity (Wildman–Crippen MR) is 69.8 cm³/mol. The second-order valence-electron chi connectivity index (χ2n) is 4.03. The maximum absolute atomic E-state index is 12.3. The number of rotatable bonds is 2. The third kappa shape index (κ3) is 2.18. The van der Waals surface area contributed by atoms with E-state index in [1.165, 1.54) is 4.90 Å². The van der Waals surface area contributed by atoms with E-state index in [4.69, 9.17) is 0 Å². The van der Waals surface area contributed by atoms with E-state index in [2.05, 4.69) is 4.98 Å². The summed E-state index contributed by atoms with van der Waals surface area (Å²) in [7, 11) is 1.68. The number of hydrogen-bond donors (Lipinski definition) is 1. The van der Waals surface area contributed by atoms with Gasteiger partial charge >= 0.3 is 0 Å². The minimum atomic E-state index is -0.170. The number of nitrogens with zero attached hydrogens (tertiary/aromatic N) is 2. The molecule has 4 heteroatoms. The van der Waals surface area contributed by atoms with Gasteiger partial charge < -0.3 is 10.0 Å². The zero-order chi connectivity index (χ0) is 13.1. The monoisotopic (exact) mass is 242 g/mol. The van der Waals surface area contributed by atoms with E-state index in [1.807, 2.05) is 6.07 Å². The van der Waals surface area contributed by atoms with Crippen LogP contribution in [0, 0.1) is 6.92 Å². The van der Waals surface area contributed by atoms with Crippen LogP contribution in [0.5, 0.6) is 5.75 Å². The summed E-state index contributed by atoms with van der Waals surface area (Å²) in [6.07, 6.45) is 3.28. The molecule has 92 valence electrons. The van der Waals surface area contributed by atoms with Crippen molar-refractivity contribution in [2.45, 2.75) is 6.92 Å². The molecule has 1 heterocycles. The molecule has 18 heavy (non-hydrogen) atoms. The quantitative estimate of drug-likeness (QED) is 0.879. The molecule has 0 bridgehead atoms. The number of carbonyl (C=O) groups is 1. The number of phenolic OH excluding ortho intramolecular Hbond substituents is 1. The molecule has 0 saturated heterocycles. The van der Waals surface area contributed by atoms with Crippen molar-refractivity contribution in [1.82, 2.24) is 4.98 Å². The molecular formula is C14H14N2O2. The maximum atomic E-state index is 12.3. The van der Waals surface area contributed by atoms with E-state index in [0.29, 0.717) is 16.8 Å². The van der Waals surface area contributed by atoms with Crippen LogP contribution in [-0.4, -0.2) is 23.0 Å². The van der Waals surface area contributed by atoms with Crippen LogP contribution in [0.2, 0.25) is 0 Å². The van der Waals surface area contributed by atoms with Crippen molar-refractivity contribution in [2.24, 2.45) is 0 Å². The van der Waals surface area contributed by atoms with Crippen molar-refractivity contribution in [2.75, 3.05) is 11.9 Å². The summed E-state index contributed by atoms with van der Waals surface area (Å²) >= 11 is 0. The molecule has 0 saturated carbocycles. The average molecular weight is 242 g/mol. The van der Waals surface area contributed by atoms with Crippen LogP contribution in [0.3, 0.4) is 0 Å². The number of anilines is 1. The highest BCUT2D eigenvalue weighted by Gasteiger charge is 2.16. The topological polar surface area (TPSA) is 53.4 Å². The largest absolute Gasteiger partial charge is 0.508 e. The standard InChI is InChI=1S/C14H14N2O2/c1-10-12(6-3-7-13(10)17)14(18)16(2)11-5-4-8-15-9-11/h3-9,17H,1-2H3. The molecule has 2 aromatic rings. The lowest BCUT2D eigenvalue weighted by atomic mass is 10.1. The highest BCUT2D eigenvalue weighted by molar-refractivity contribution is 6.06. The van der Waals surface area contributed by atoms with E-state index in [-0.39, 0.29) is 11.7 Å². The fourth-order valence-corrected chi connectivity index (χ4v) is 1.71. The fraction of sp³-hybridized carbons (Fsp3) is 0.143. The Kier molecular flexibility index (Phi) is 3.28. The minimum absolute atomic E-state index is 0.125. The van der Waals surface area contributed by atoms with E-state index in [1.54, 1.807) is 50.6 Å². The summed E-state index contributed by atoms with van der Waals surface area (Å²) in [5, 5.41) is 9.62. The first-order chi connectivity index (χ1) is 8.61. The van der Waals surface area contributed by atoms with Crippen molar-refractivity contribution in [3.05, 3.63) is 53.9 Å². The van der Waals surface area contributed by atoms with Crippen molar-refractivity contribution in [3.8, 4) is 5.75 Å². The van der Waals surface area contributed by atoms with Crippen LogP contribution in [0.1, 0.15) is 15.9 Å². The summed E-state index contributed by atoms with van der Waals surface area (Å²) in [6, 6.07) is 8.50. The zero-order valence-corrected chi connectivity index (χ0v) is 10.3. The first-order valence-electron chi connectivity index (χ1n) is 5.58. The lowest BCUT2D eigenvalue weighted by molar-refractivity contribution is 0.0992. The van der Waals surface area contributed by atoms with Crippen LogP contribution in [0.4, 0.5) is 5.69 Å². The highest BCUT2D eigenvalue weighted by Crippen LogP contribution is 2.22. The number of benzene rings is 1. The summed E-state index contributed by atoms with van der Waals surface area (Å²) < 4.78 is 0. The molecule has 0 fully saturated rings. The van der Waals surface area contributed by atoms with Crippen LogP contribution < -0.4 is 4.90 Å². The number of pyridine rings is 1. The van der Waals surface area contributed by atoms with Gasteiger partial charge in [0.15, 0.2) is 0 Å². The Hall–Kier alpha value is -2.36. The molecule has 0 aliphatic rings. The van der Waals surface area contributed by atoms with Crippen molar-refractivity contribution >= 4 is 11.6 Å². The molecule has 1 N–H and O–H groups in total. The van der Waals surface area contributed by atoms with Crippen LogP contribution in [-0.2, 0) is 0 Å². The molecular weight excluding hydrogens is 228 g/mol. The second kappa shape index (κ2) is 4.87. The van der Waals surface area contributed by atoms with E-state index in [0.717, 1.165) is 0 Å². The van der Waals surface area contributed by atoms with Gasteiger partial charge in [-0.2, -0.15) is 0 Å². The maximum Gasteiger partial charge on any atom is 0.258 e. The Morgan fingerprint density at radius 2 is 2.06 bits per heavy atom. The van der Waals surface area contributed by atoms with Gasteiger partial charge in [0.1, 0.15) is 5.75 Å². The number of aromatic nitrogens is 1. The fourth-order valence-electron chi connectivity index (χ4n) is 1.71. The van der Waals surface area contributed by atoms with Gasteiger partial charge in [0.25, 0.3) is 5.91 Å². The van der Waals surface area contributed by atoms with Gasteiger partial charge in [-0.15, -0.1) is 0 Å². The molecule has 1 aromatic carbocycles. The number of carbonyl (C=O) groups excluding carboxylic acids is 1. The first-order valence-corrected chi connectivity index (χ1v) is 5.58. The van der Waals surface area contributed by atoms with Crippen molar-refractivity contribution < 1.29 is 9.90 Å². The van der Waals surface area contributed by atoms with E-state index in [9.17, 15) is 9.90 Å². The normalized spacial score (nSPS) is 10.1. The molecule has 0 atom stereocenters. The molecule has 0 radical (unpaired) electrons. The summed E-state index contributed by atoms with van der Waals surface area (Å²) in [6.45, 7) is 1.72. The summed E-state index contributed by atoms with van der Waals surface area (Å²) in [5.41, 5.74) is 1.78. The minimum Gasteiger partial charge on any atom is -0.508 e. The van der Waals surface area contributed by atoms with Gasteiger partial charge in [0.2, 0.25) is 0 Å². The van der Waals surface area contributed by atoms with Crippen molar-refractivity contribution in [3.63, 3.8) is 0 Å². The molecule has 0 unspecified atom stereocenters.